The van der Waals surface area contributed by atoms with E-state index in [-0.39, 0.29) is 6.10 Å². The van der Waals surface area contributed by atoms with Gasteiger partial charge in [0.15, 0.2) is 11.5 Å². The number of anilines is 2. The molecule has 6 heteroatoms. The maximum absolute atomic E-state index is 6.07. The molecule has 0 spiro atoms. The molecule has 0 radical (unpaired) electrons. The SMILES string of the molecule is COc1ccccc1OC1CCN(c2cncc(N)n2)CC1. The molecule has 0 amide bonds. The number of hydrogen-bond donors (Lipinski definition) is 1. The molecule has 0 saturated carbocycles. The molecule has 3 rings (SSSR count). The average Bonchev–Trinajstić information content (AvgIpc) is 2.56. The van der Waals surface area contributed by atoms with Crippen LogP contribution >= 0.6 is 0 Å². The fourth-order valence-corrected chi connectivity index (χ4v) is 2.62. The van der Waals surface area contributed by atoms with Crippen molar-refractivity contribution in [3.05, 3.63) is 36.7 Å². The van der Waals surface area contributed by atoms with Gasteiger partial charge in [-0.2, -0.15) is 0 Å². The number of rotatable bonds is 4. The third-order valence-electron chi connectivity index (χ3n) is 3.77. The summed E-state index contributed by atoms with van der Waals surface area (Å²) in [5, 5.41) is 0. The number of methoxy groups -OCH3 is 1. The Labute approximate surface area is 129 Å². The van der Waals surface area contributed by atoms with Gasteiger partial charge in [-0.15, -0.1) is 0 Å². The van der Waals surface area contributed by atoms with Gasteiger partial charge in [0.2, 0.25) is 0 Å². The first-order valence-corrected chi connectivity index (χ1v) is 7.38. The molecule has 1 aliphatic rings. The molecular formula is C16H20N4O2. The summed E-state index contributed by atoms with van der Waals surface area (Å²) in [6.07, 6.45) is 5.34. The fraction of sp³-hybridized carbons (Fsp3) is 0.375. The number of nitrogens with two attached hydrogens (primary N) is 1. The van der Waals surface area contributed by atoms with E-state index in [1.807, 2.05) is 24.3 Å². The number of para-hydroxylation sites is 2. The molecule has 1 saturated heterocycles. The van der Waals surface area contributed by atoms with Crippen molar-refractivity contribution in [1.29, 1.82) is 0 Å². The minimum Gasteiger partial charge on any atom is -0.493 e. The van der Waals surface area contributed by atoms with Crippen LogP contribution in [0.4, 0.5) is 11.6 Å². The normalized spacial score (nSPS) is 15.6. The van der Waals surface area contributed by atoms with E-state index in [1.54, 1.807) is 19.5 Å². The minimum atomic E-state index is 0.182. The van der Waals surface area contributed by atoms with E-state index in [0.29, 0.717) is 5.82 Å². The van der Waals surface area contributed by atoms with Crippen molar-refractivity contribution >= 4 is 11.6 Å². The number of nitrogen functional groups attached to an aromatic ring is 1. The molecule has 2 N–H and O–H groups in total. The summed E-state index contributed by atoms with van der Waals surface area (Å²) in [4.78, 5) is 10.6. The van der Waals surface area contributed by atoms with Gasteiger partial charge in [-0.05, 0) is 12.1 Å². The highest BCUT2D eigenvalue weighted by atomic mass is 16.5. The van der Waals surface area contributed by atoms with Gasteiger partial charge in [-0.3, -0.25) is 4.98 Å². The number of nitrogens with zero attached hydrogens (tertiary/aromatic N) is 3. The van der Waals surface area contributed by atoms with E-state index in [9.17, 15) is 0 Å². The molecule has 1 fully saturated rings. The highest BCUT2D eigenvalue weighted by molar-refractivity contribution is 5.42. The van der Waals surface area contributed by atoms with Crippen LogP contribution in [0.2, 0.25) is 0 Å². The van der Waals surface area contributed by atoms with Gasteiger partial charge in [0.1, 0.15) is 17.7 Å². The molecule has 2 aromatic rings. The Morgan fingerprint density at radius 2 is 1.86 bits per heavy atom. The molecule has 1 aromatic carbocycles. The van der Waals surface area contributed by atoms with E-state index in [4.69, 9.17) is 15.2 Å². The Hall–Kier alpha value is -2.50. The van der Waals surface area contributed by atoms with Gasteiger partial charge in [0.05, 0.1) is 19.5 Å². The van der Waals surface area contributed by atoms with Crippen LogP contribution in [-0.4, -0.2) is 36.3 Å². The lowest BCUT2D eigenvalue weighted by Gasteiger charge is -2.33. The number of hydrogen-bond acceptors (Lipinski definition) is 6. The summed E-state index contributed by atoms with van der Waals surface area (Å²) in [6, 6.07) is 7.74. The molecule has 6 nitrogen and oxygen atoms in total. The third kappa shape index (κ3) is 3.21. The Balaban J connectivity index is 1.60. The number of piperidine rings is 1. The Kier molecular flexibility index (Phi) is 4.27. The summed E-state index contributed by atoms with van der Waals surface area (Å²) >= 11 is 0. The van der Waals surface area contributed by atoms with Gasteiger partial charge >= 0.3 is 0 Å². The van der Waals surface area contributed by atoms with Gasteiger partial charge < -0.3 is 20.1 Å². The van der Waals surface area contributed by atoms with Crippen molar-refractivity contribution in [3.63, 3.8) is 0 Å². The van der Waals surface area contributed by atoms with Crippen LogP contribution in [0.15, 0.2) is 36.7 Å². The average molecular weight is 300 g/mol. The highest BCUT2D eigenvalue weighted by Gasteiger charge is 2.22. The highest BCUT2D eigenvalue weighted by Crippen LogP contribution is 2.29. The van der Waals surface area contributed by atoms with Crippen LogP contribution < -0.4 is 20.1 Å². The first kappa shape index (κ1) is 14.4. The summed E-state index contributed by atoms with van der Waals surface area (Å²) < 4.78 is 11.4. The van der Waals surface area contributed by atoms with Crippen molar-refractivity contribution in [2.75, 3.05) is 30.8 Å². The molecule has 1 aliphatic heterocycles. The molecule has 0 aliphatic carbocycles. The quantitative estimate of drug-likeness (QED) is 0.932. The van der Waals surface area contributed by atoms with Gasteiger partial charge in [-0.1, -0.05) is 12.1 Å². The number of aromatic nitrogens is 2. The maximum atomic E-state index is 6.07. The predicted octanol–water partition coefficient (Wildman–Crippen LogP) is 2.12. The van der Waals surface area contributed by atoms with E-state index in [0.717, 1.165) is 43.2 Å². The summed E-state index contributed by atoms with van der Waals surface area (Å²) in [5.41, 5.74) is 5.69. The van der Waals surface area contributed by atoms with Gasteiger partial charge in [0.25, 0.3) is 0 Å². The summed E-state index contributed by atoms with van der Waals surface area (Å²) in [5.74, 6) is 2.85. The van der Waals surface area contributed by atoms with E-state index in [2.05, 4.69) is 14.9 Å². The molecule has 22 heavy (non-hydrogen) atoms. The maximum Gasteiger partial charge on any atom is 0.161 e. The Morgan fingerprint density at radius 1 is 1.14 bits per heavy atom. The van der Waals surface area contributed by atoms with Gasteiger partial charge in [0, 0.05) is 25.9 Å². The van der Waals surface area contributed by atoms with Crippen LogP contribution in [0.1, 0.15) is 12.8 Å². The first-order chi connectivity index (χ1) is 10.8. The van der Waals surface area contributed by atoms with Gasteiger partial charge in [-0.25, -0.2) is 4.98 Å². The lowest BCUT2D eigenvalue weighted by Crippen LogP contribution is -2.38. The molecule has 0 unspecified atom stereocenters. The van der Waals surface area contributed by atoms with E-state index >= 15 is 0 Å². The zero-order valence-corrected chi connectivity index (χ0v) is 12.6. The van der Waals surface area contributed by atoms with Crippen molar-refractivity contribution in [1.82, 2.24) is 9.97 Å². The van der Waals surface area contributed by atoms with Crippen LogP contribution in [0.5, 0.6) is 11.5 Å². The molecule has 116 valence electrons. The smallest absolute Gasteiger partial charge is 0.161 e. The molecule has 1 aromatic heterocycles. The Morgan fingerprint density at radius 3 is 2.55 bits per heavy atom. The third-order valence-corrected chi connectivity index (χ3v) is 3.77. The lowest BCUT2D eigenvalue weighted by molar-refractivity contribution is 0.164. The predicted molar refractivity (Wildman–Crippen MR) is 85.3 cm³/mol. The fourth-order valence-electron chi connectivity index (χ4n) is 2.62. The largest absolute Gasteiger partial charge is 0.493 e. The van der Waals surface area contributed by atoms with Crippen LogP contribution in [0.3, 0.4) is 0 Å². The number of benzene rings is 1. The summed E-state index contributed by atoms with van der Waals surface area (Å²) in [7, 11) is 1.66. The van der Waals surface area contributed by atoms with Crippen LogP contribution in [0.25, 0.3) is 0 Å². The zero-order valence-electron chi connectivity index (χ0n) is 12.6. The second-order valence-electron chi connectivity index (χ2n) is 5.26. The Bertz CT molecular complexity index is 627. The molecule has 0 atom stereocenters. The van der Waals surface area contributed by atoms with E-state index < -0.39 is 0 Å². The molecular weight excluding hydrogens is 280 g/mol. The van der Waals surface area contributed by atoms with E-state index in [1.165, 1.54) is 0 Å². The van der Waals surface area contributed by atoms with Crippen molar-refractivity contribution in [3.8, 4) is 11.5 Å². The van der Waals surface area contributed by atoms with Crippen LogP contribution in [-0.2, 0) is 0 Å². The second-order valence-corrected chi connectivity index (χ2v) is 5.26. The summed E-state index contributed by atoms with van der Waals surface area (Å²) in [6.45, 7) is 1.75. The van der Waals surface area contributed by atoms with Crippen molar-refractivity contribution in [2.24, 2.45) is 0 Å². The zero-order chi connectivity index (χ0) is 15.4. The first-order valence-electron chi connectivity index (χ1n) is 7.38. The van der Waals surface area contributed by atoms with Crippen molar-refractivity contribution < 1.29 is 9.47 Å². The lowest BCUT2D eigenvalue weighted by atomic mass is 10.1. The molecule has 2 heterocycles. The number of ether oxygens (including phenoxy) is 2. The molecule has 0 bridgehead atoms. The topological polar surface area (TPSA) is 73.5 Å². The minimum absolute atomic E-state index is 0.182. The monoisotopic (exact) mass is 300 g/mol. The van der Waals surface area contributed by atoms with Crippen molar-refractivity contribution in [2.45, 2.75) is 18.9 Å². The van der Waals surface area contributed by atoms with Crippen LogP contribution in [0, 0.1) is 0 Å². The standard InChI is InChI=1S/C16H20N4O2/c1-21-13-4-2-3-5-14(13)22-12-6-8-20(9-7-12)16-11-18-10-15(17)19-16/h2-5,10-12H,6-9H2,1H3,(H2,17,19). The second kappa shape index (κ2) is 6.51.